The molecule has 6 heteroatoms. The number of nitrogens with zero attached hydrogens (tertiary/aromatic N) is 1. The molecule has 0 bridgehead atoms. The van der Waals surface area contributed by atoms with Crippen LogP contribution >= 0.6 is 22.9 Å². The molecule has 0 fully saturated rings. The topological polar surface area (TPSA) is 64.9 Å². The second kappa shape index (κ2) is 6.42. The highest BCUT2D eigenvalue weighted by Crippen LogP contribution is 2.22. The molecule has 2 N–H and O–H groups in total. The molecule has 0 radical (unpaired) electrons. The molecule has 0 atom stereocenters. The zero-order chi connectivity index (χ0) is 14.5. The van der Waals surface area contributed by atoms with E-state index in [9.17, 15) is 4.79 Å². The van der Waals surface area contributed by atoms with Gasteiger partial charge in [-0.15, -0.1) is 11.3 Å². The zero-order valence-corrected chi connectivity index (χ0v) is 12.3. The van der Waals surface area contributed by atoms with E-state index in [2.05, 4.69) is 16.7 Å². The van der Waals surface area contributed by atoms with Crippen molar-refractivity contribution < 1.29 is 4.79 Å². The van der Waals surface area contributed by atoms with Gasteiger partial charge < -0.3 is 10.6 Å². The minimum Gasteiger partial charge on any atom is -0.380 e. The van der Waals surface area contributed by atoms with Gasteiger partial charge >= 0.3 is 0 Å². The van der Waals surface area contributed by atoms with E-state index in [0.717, 1.165) is 10.6 Å². The number of rotatable bonds is 4. The third-order valence-corrected chi connectivity index (χ3v) is 4.00. The number of nitrogens with one attached hydrogen (secondary N) is 2. The normalized spacial score (nSPS) is 9.85. The van der Waals surface area contributed by atoms with Crippen LogP contribution in [0.5, 0.6) is 0 Å². The average molecular weight is 306 g/mol. The van der Waals surface area contributed by atoms with Crippen LogP contribution in [0.25, 0.3) is 0 Å². The van der Waals surface area contributed by atoms with Gasteiger partial charge in [0, 0.05) is 24.2 Å². The van der Waals surface area contributed by atoms with Gasteiger partial charge in [-0.1, -0.05) is 11.6 Å². The summed E-state index contributed by atoms with van der Waals surface area (Å²) in [5.41, 5.74) is 1.24. The van der Waals surface area contributed by atoms with E-state index in [4.69, 9.17) is 16.9 Å². The summed E-state index contributed by atoms with van der Waals surface area (Å²) in [6.45, 7) is 0.598. The molecule has 0 spiro atoms. The Balaban J connectivity index is 2.10. The van der Waals surface area contributed by atoms with Gasteiger partial charge in [-0.25, -0.2) is 0 Å². The van der Waals surface area contributed by atoms with E-state index in [-0.39, 0.29) is 5.91 Å². The Kier molecular flexibility index (Phi) is 4.61. The molecule has 2 rings (SSSR count). The van der Waals surface area contributed by atoms with Crippen LogP contribution in [0, 0.1) is 11.3 Å². The maximum absolute atomic E-state index is 11.6. The number of halogens is 1. The van der Waals surface area contributed by atoms with Gasteiger partial charge in [0.2, 0.25) is 0 Å². The van der Waals surface area contributed by atoms with Crippen LogP contribution in [-0.2, 0) is 6.54 Å². The molecule has 1 aromatic carbocycles. The van der Waals surface area contributed by atoms with Crippen molar-refractivity contribution in [1.29, 1.82) is 5.26 Å². The lowest BCUT2D eigenvalue weighted by atomic mass is 10.2. The molecule has 1 aromatic heterocycles. The summed E-state index contributed by atoms with van der Waals surface area (Å²) in [6, 6.07) is 11.0. The number of carbonyl (C=O) groups is 1. The van der Waals surface area contributed by atoms with Gasteiger partial charge in [0.25, 0.3) is 5.91 Å². The Morgan fingerprint density at radius 1 is 1.40 bits per heavy atom. The Bertz CT molecular complexity index is 675. The number of benzene rings is 1. The molecular weight excluding hydrogens is 294 g/mol. The van der Waals surface area contributed by atoms with Crippen LogP contribution in [0.2, 0.25) is 5.02 Å². The Morgan fingerprint density at radius 3 is 2.85 bits per heavy atom. The van der Waals surface area contributed by atoms with E-state index < -0.39 is 0 Å². The van der Waals surface area contributed by atoms with Crippen molar-refractivity contribution >= 4 is 34.5 Å². The molecule has 2 aromatic rings. The third kappa shape index (κ3) is 3.29. The van der Waals surface area contributed by atoms with Crippen LogP contribution in [0.1, 0.15) is 20.1 Å². The van der Waals surface area contributed by atoms with Gasteiger partial charge in [-0.2, -0.15) is 5.26 Å². The summed E-state index contributed by atoms with van der Waals surface area (Å²) < 4.78 is 0. The molecule has 0 saturated carbocycles. The SMILES string of the molecule is CNC(=O)c1cc(NCc2ccc(C#N)s2)ccc1Cl. The van der Waals surface area contributed by atoms with Gasteiger partial charge in [0.05, 0.1) is 10.6 Å². The average Bonchev–Trinajstić information content (AvgIpc) is 2.93. The fourth-order valence-corrected chi connectivity index (χ4v) is 2.61. The van der Waals surface area contributed by atoms with Crippen LogP contribution in [-0.4, -0.2) is 13.0 Å². The maximum atomic E-state index is 11.6. The fourth-order valence-electron chi connectivity index (χ4n) is 1.67. The first-order valence-electron chi connectivity index (χ1n) is 5.88. The second-order valence-electron chi connectivity index (χ2n) is 4.01. The summed E-state index contributed by atoms with van der Waals surface area (Å²) in [4.78, 5) is 13.4. The lowest BCUT2D eigenvalue weighted by molar-refractivity contribution is 0.0963. The first-order chi connectivity index (χ1) is 9.63. The number of amides is 1. The van der Waals surface area contributed by atoms with Crippen LogP contribution in [0.4, 0.5) is 5.69 Å². The molecule has 1 amide bonds. The van der Waals surface area contributed by atoms with Crippen LogP contribution < -0.4 is 10.6 Å². The van der Waals surface area contributed by atoms with Gasteiger partial charge in [0.1, 0.15) is 10.9 Å². The van der Waals surface area contributed by atoms with Crippen molar-refractivity contribution in [3.05, 3.63) is 50.7 Å². The lowest BCUT2D eigenvalue weighted by Crippen LogP contribution is -2.18. The molecular formula is C14H12ClN3OS. The minimum absolute atomic E-state index is 0.221. The van der Waals surface area contributed by atoms with Crippen molar-refractivity contribution in [3.8, 4) is 6.07 Å². The van der Waals surface area contributed by atoms with Gasteiger partial charge in [-0.3, -0.25) is 4.79 Å². The number of hydrogen-bond acceptors (Lipinski definition) is 4. The van der Waals surface area contributed by atoms with Crippen molar-refractivity contribution in [1.82, 2.24) is 5.32 Å². The molecule has 0 aliphatic carbocycles. The van der Waals surface area contributed by atoms with E-state index in [0.29, 0.717) is 22.0 Å². The van der Waals surface area contributed by atoms with Crippen molar-refractivity contribution in [2.45, 2.75) is 6.54 Å². The number of hydrogen-bond donors (Lipinski definition) is 2. The van der Waals surface area contributed by atoms with Crippen molar-refractivity contribution in [2.75, 3.05) is 12.4 Å². The summed E-state index contributed by atoms with van der Waals surface area (Å²) >= 11 is 7.43. The van der Waals surface area contributed by atoms with Crippen molar-refractivity contribution in [3.63, 3.8) is 0 Å². The standard InChI is InChI=1S/C14H12ClN3OS/c1-17-14(19)12-6-9(2-5-13(12)15)18-8-11-4-3-10(7-16)20-11/h2-6,18H,8H2,1H3,(H,17,19). The Hall–Kier alpha value is -2.03. The highest BCUT2D eigenvalue weighted by molar-refractivity contribution is 7.12. The number of nitriles is 1. The number of anilines is 1. The molecule has 0 aliphatic rings. The summed E-state index contributed by atoms with van der Waals surface area (Å²) in [5.74, 6) is -0.221. The first kappa shape index (κ1) is 14.4. The maximum Gasteiger partial charge on any atom is 0.252 e. The molecule has 4 nitrogen and oxygen atoms in total. The third-order valence-electron chi connectivity index (χ3n) is 2.68. The predicted octanol–water partition coefficient (Wildman–Crippen LogP) is 3.24. The smallest absolute Gasteiger partial charge is 0.252 e. The number of thiophene rings is 1. The van der Waals surface area contributed by atoms with Crippen molar-refractivity contribution in [2.24, 2.45) is 0 Å². The second-order valence-corrected chi connectivity index (χ2v) is 5.58. The van der Waals surface area contributed by atoms with Crippen LogP contribution in [0.15, 0.2) is 30.3 Å². The highest BCUT2D eigenvalue weighted by atomic mass is 35.5. The highest BCUT2D eigenvalue weighted by Gasteiger charge is 2.09. The molecule has 102 valence electrons. The van der Waals surface area contributed by atoms with Gasteiger partial charge in [0.15, 0.2) is 0 Å². The fraction of sp³-hybridized carbons (Fsp3) is 0.143. The summed E-state index contributed by atoms with van der Waals surface area (Å²) in [7, 11) is 1.56. The molecule has 1 heterocycles. The largest absolute Gasteiger partial charge is 0.380 e. The predicted molar refractivity (Wildman–Crippen MR) is 81.2 cm³/mol. The molecule has 20 heavy (non-hydrogen) atoms. The monoisotopic (exact) mass is 305 g/mol. The summed E-state index contributed by atoms with van der Waals surface area (Å²) in [5, 5.41) is 14.9. The quantitative estimate of drug-likeness (QED) is 0.911. The molecule has 0 saturated heterocycles. The minimum atomic E-state index is -0.221. The van der Waals surface area contributed by atoms with Gasteiger partial charge in [-0.05, 0) is 30.3 Å². The van der Waals surface area contributed by atoms with E-state index in [1.165, 1.54) is 11.3 Å². The van der Waals surface area contributed by atoms with E-state index in [1.807, 2.05) is 12.1 Å². The molecule has 0 unspecified atom stereocenters. The number of carbonyl (C=O) groups excluding carboxylic acids is 1. The van der Waals surface area contributed by atoms with E-state index >= 15 is 0 Å². The zero-order valence-electron chi connectivity index (χ0n) is 10.7. The molecule has 0 aliphatic heterocycles. The van der Waals surface area contributed by atoms with Crippen LogP contribution in [0.3, 0.4) is 0 Å². The summed E-state index contributed by atoms with van der Waals surface area (Å²) in [6.07, 6.45) is 0. The first-order valence-corrected chi connectivity index (χ1v) is 7.08. The Morgan fingerprint density at radius 2 is 2.20 bits per heavy atom. The Labute approximate surface area is 126 Å². The van der Waals surface area contributed by atoms with E-state index in [1.54, 1.807) is 25.2 Å². The lowest BCUT2D eigenvalue weighted by Gasteiger charge is -2.08.